The van der Waals surface area contributed by atoms with Gasteiger partial charge in [0.15, 0.2) is 0 Å². The molecule has 0 heterocycles. The SMILES string of the molecule is CN(CCCNC(=O)Nc1ccc(C(=O)NC2CCCC2)cc1)CC(F)(F)F. The first-order valence-corrected chi connectivity index (χ1v) is 9.44. The van der Waals surface area contributed by atoms with Crippen LogP contribution in [0.1, 0.15) is 42.5 Å². The summed E-state index contributed by atoms with van der Waals surface area (Å²) in [4.78, 5) is 25.2. The molecule has 1 fully saturated rings. The summed E-state index contributed by atoms with van der Waals surface area (Å²) in [6.45, 7) is -0.486. The van der Waals surface area contributed by atoms with E-state index in [0.29, 0.717) is 17.7 Å². The van der Waals surface area contributed by atoms with E-state index in [9.17, 15) is 22.8 Å². The second-order valence-corrected chi connectivity index (χ2v) is 7.12. The second kappa shape index (κ2) is 10.3. The topological polar surface area (TPSA) is 73.5 Å². The number of anilines is 1. The Labute approximate surface area is 162 Å². The first kappa shape index (κ1) is 22.0. The number of alkyl halides is 3. The minimum Gasteiger partial charge on any atom is -0.349 e. The average molecular weight is 400 g/mol. The summed E-state index contributed by atoms with van der Waals surface area (Å²) in [5.74, 6) is -0.120. The summed E-state index contributed by atoms with van der Waals surface area (Å²) in [7, 11) is 1.39. The maximum atomic E-state index is 12.2. The molecular formula is C19H27F3N4O2. The lowest BCUT2D eigenvalue weighted by Crippen LogP contribution is -2.35. The van der Waals surface area contributed by atoms with Gasteiger partial charge in [-0.05, 0) is 57.1 Å². The van der Waals surface area contributed by atoms with Gasteiger partial charge in [-0.3, -0.25) is 9.69 Å². The Kier molecular flexibility index (Phi) is 8.10. The zero-order valence-electron chi connectivity index (χ0n) is 15.9. The van der Waals surface area contributed by atoms with Gasteiger partial charge < -0.3 is 16.0 Å². The second-order valence-electron chi connectivity index (χ2n) is 7.12. The van der Waals surface area contributed by atoms with E-state index in [1.54, 1.807) is 24.3 Å². The summed E-state index contributed by atoms with van der Waals surface area (Å²) < 4.78 is 36.7. The van der Waals surface area contributed by atoms with Crippen LogP contribution < -0.4 is 16.0 Å². The maximum absolute atomic E-state index is 12.2. The molecule has 1 saturated carbocycles. The van der Waals surface area contributed by atoms with Gasteiger partial charge in [-0.1, -0.05) is 12.8 Å². The fraction of sp³-hybridized carbons (Fsp3) is 0.579. The van der Waals surface area contributed by atoms with Crippen molar-refractivity contribution in [1.82, 2.24) is 15.5 Å². The Morgan fingerprint density at radius 3 is 2.39 bits per heavy atom. The molecular weight excluding hydrogens is 373 g/mol. The van der Waals surface area contributed by atoms with Gasteiger partial charge in [0.2, 0.25) is 0 Å². The van der Waals surface area contributed by atoms with E-state index >= 15 is 0 Å². The molecule has 0 unspecified atom stereocenters. The van der Waals surface area contributed by atoms with Crippen LogP contribution in [0.4, 0.5) is 23.7 Å². The fourth-order valence-electron chi connectivity index (χ4n) is 3.16. The van der Waals surface area contributed by atoms with E-state index in [-0.39, 0.29) is 25.0 Å². The van der Waals surface area contributed by atoms with Gasteiger partial charge in [0.05, 0.1) is 6.54 Å². The number of hydrogen-bond donors (Lipinski definition) is 3. The molecule has 0 spiro atoms. The van der Waals surface area contributed by atoms with Crippen molar-refractivity contribution in [2.45, 2.75) is 44.3 Å². The van der Waals surface area contributed by atoms with Gasteiger partial charge in [0.1, 0.15) is 0 Å². The average Bonchev–Trinajstić information content (AvgIpc) is 3.11. The van der Waals surface area contributed by atoms with Crippen LogP contribution in [-0.2, 0) is 0 Å². The van der Waals surface area contributed by atoms with Crippen molar-refractivity contribution in [2.75, 3.05) is 32.0 Å². The lowest BCUT2D eigenvalue weighted by Gasteiger charge is -2.18. The third-order valence-corrected chi connectivity index (χ3v) is 4.55. The van der Waals surface area contributed by atoms with Crippen LogP contribution in [0.15, 0.2) is 24.3 Å². The number of amides is 3. The minimum absolute atomic E-state index is 0.120. The zero-order chi connectivity index (χ0) is 20.6. The van der Waals surface area contributed by atoms with Crippen LogP contribution in [0.3, 0.4) is 0 Å². The van der Waals surface area contributed by atoms with Crippen molar-refractivity contribution in [1.29, 1.82) is 0 Å². The van der Waals surface area contributed by atoms with Crippen LogP contribution in [0, 0.1) is 0 Å². The zero-order valence-corrected chi connectivity index (χ0v) is 15.9. The Morgan fingerprint density at radius 2 is 1.79 bits per heavy atom. The van der Waals surface area contributed by atoms with Crippen molar-refractivity contribution >= 4 is 17.6 Å². The first-order valence-electron chi connectivity index (χ1n) is 9.44. The predicted molar refractivity (Wildman–Crippen MR) is 101 cm³/mol. The highest BCUT2D eigenvalue weighted by atomic mass is 19.4. The van der Waals surface area contributed by atoms with Crippen LogP contribution in [-0.4, -0.2) is 55.7 Å². The van der Waals surface area contributed by atoms with Crippen molar-refractivity contribution < 1.29 is 22.8 Å². The van der Waals surface area contributed by atoms with E-state index in [1.165, 1.54) is 7.05 Å². The Hall–Kier alpha value is -2.29. The van der Waals surface area contributed by atoms with Crippen molar-refractivity contribution in [3.05, 3.63) is 29.8 Å². The third-order valence-electron chi connectivity index (χ3n) is 4.55. The molecule has 156 valence electrons. The van der Waals surface area contributed by atoms with E-state index in [1.807, 2.05) is 0 Å². The number of nitrogens with zero attached hydrogens (tertiary/aromatic N) is 1. The lowest BCUT2D eigenvalue weighted by molar-refractivity contribution is -0.143. The van der Waals surface area contributed by atoms with Gasteiger partial charge in [0, 0.05) is 23.8 Å². The Balaban J connectivity index is 1.67. The number of urea groups is 1. The normalized spacial score (nSPS) is 14.9. The predicted octanol–water partition coefficient (Wildman–Crippen LogP) is 3.36. The Bertz CT molecular complexity index is 644. The van der Waals surface area contributed by atoms with Crippen molar-refractivity contribution in [2.24, 2.45) is 0 Å². The molecule has 0 aliphatic heterocycles. The standard InChI is InChI=1S/C19H27F3N4O2/c1-26(13-19(20,21)22)12-4-11-23-18(28)25-16-9-7-14(8-10-16)17(27)24-15-5-2-3-6-15/h7-10,15H,2-6,11-13H2,1H3,(H,24,27)(H2,23,25,28). The molecule has 6 nitrogen and oxygen atoms in total. The molecule has 0 bridgehead atoms. The number of halogens is 3. The van der Waals surface area contributed by atoms with Gasteiger partial charge in [-0.15, -0.1) is 0 Å². The van der Waals surface area contributed by atoms with E-state index < -0.39 is 18.8 Å². The molecule has 0 radical (unpaired) electrons. The highest BCUT2D eigenvalue weighted by molar-refractivity contribution is 5.95. The minimum atomic E-state index is -4.22. The van der Waals surface area contributed by atoms with Crippen LogP contribution in [0.25, 0.3) is 0 Å². The van der Waals surface area contributed by atoms with Gasteiger partial charge in [0.25, 0.3) is 5.91 Å². The number of carbonyl (C=O) groups is 2. The van der Waals surface area contributed by atoms with E-state index in [4.69, 9.17) is 0 Å². The summed E-state index contributed by atoms with van der Waals surface area (Å²) in [6.07, 6.45) is 0.484. The number of hydrogen-bond acceptors (Lipinski definition) is 3. The molecule has 0 aromatic heterocycles. The first-order chi connectivity index (χ1) is 13.2. The van der Waals surface area contributed by atoms with Crippen LogP contribution in [0.5, 0.6) is 0 Å². The number of rotatable bonds is 8. The fourth-order valence-corrected chi connectivity index (χ4v) is 3.16. The quantitative estimate of drug-likeness (QED) is 0.586. The molecule has 0 saturated heterocycles. The van der Waals surface area contributed by atoms with Crippen LogP contribution in [0.2, 0.25) is 0 Å². The summed E-state index contributed by atoms with van der Waals surface area (Å²) in [6, 6.07) is 6.37. The highest BCUT2D eigenvalue weighted by Crippen LogP contribution is 2.18. The van der Waals surface area contributed by atoms with E-state index in [2.05, 4.69) is 16.0 Å². The molecule has 1 aliphatic carbocycles. The number of nitrogens with one attached hydrogen (secondary N) is 3. The molecule has 1 aromatic carbocycles. The maximum Gasteiger partial charge on any atom is 0.401 e. The molecule has 0 atom stereocenters. The van der Waals surface area contributed by atoms with Crippen molar-refractivity contribution in [3.63, 3.8) is 0 Å². The monoisotopic (exact) mass is 400 g/mol. The van der Waals surface area contributed by atoms with Crippen molar-refractivity contribution in [3.8, 4) is 0 Å². The largest absolute Gasteiger partial charge is 0.401 e. The summed E-state index contributed by atoms with van der Waals surface area (Å²) >= 11 is 0. The summed E-state index contributed by atoms with van der Waals surface area (Å²) in [5, 5.41) is 8.23. The van der Waals surface area contributed by atoms with Gasteiger partial charge >= 0.3 is 12.2 Å². The smallest absolute Gasteiger partial charge is 0.349 e. The Morgan fingerprint density at radius 1 is 1.14 bits per heavy atom. The molecule has 1 aliphatic rings. The van der Waals surface area contributed by atoms with Gasteiger partial charge in [-0.2, -0.15) is 13.2 Å². The molecule has 28 heavy (non-hydrogen) atoms. The molecule has 9 heteroatoms. The molecule has 2 rings (SSSR count). The summed E-state index contributed by atoms with van der Waals surface area (Å²) in [5.41, 5.74) is 1.06. The number of carbonyl (C=O) groups excluding carboxylic acids is 2. The molecule has 1 aromatic rings. The lowest BCUT2D eigenvalue weighted by atomic mass is 10.1. The number of benzene rings is 1. The molecule has 3 N–H and O–H groups in total. The van der Waals surface area contributed by atoms with Gasteiger partial charge in [-0.25, -0.2) is 4.79 Å². The highest BCUT2D eigenvalue weighted by Gasteiger charge is 2.28. The van der Waals surface area contributed by atoms with Crippen LogP contribution >= 0.6 is 0 Å². The van der Waals surface area contributed by atoms with E-state index in [0.717, 1.165) is 30.6 Å². The molecule has 3 amide bonds. The third kappa shape index (κ3) is 8.16.